The lowest BCUT2D eigenvalue weighted by Gasteiger charge is -2.36. The third-order valence-corrected chi connectivity index (χ3v) is 7.56. The number of rotatable bonds is 7. The van der Waals surface area contributed by atoms with Crippen LogP contribution in [0, 0.1) is 5.92 Å². The van der Waals surface area contributed by atoms with Gasteiger partial charge < -0.3 is 20.1 Å². The summed E-state index contributed by atoms with van der Waals surface area (Å²) in [5, 5.41) is 14.5. The van der Waals surface area contributed by atoms with E-state index in [1.54, 1.807) is 0 Å². The maximum Gasteiger partial charge on any atom is 0.127 e. The molecule has 1 saturated heterocycles. The van der Waals surface area contributed by atoms with Crippen LogP contribution in [-0.4, -0.2) is 55.6 Å². The van der Waals surface area contributed by atoms with E-state index >= 15 is 0 Å². The molecular weight excluding hydrogens is 433 g/mol. The molecule has 166 valence electrons. The second-order valence-electron chi connectivity index (χ2n) is 8.80. The van der Waals surface area contributed by atoms with Gasteiger partial charge in [-0.15, -0.1) is 0 Å². The average Bonchev–Trinajstić information content (AvgIpc) is 3.58. The number of nitrogens with one attached hydrogen (secondary N) is 1. The van der Waals surface area contributed by atoms with Crippen LogP contribution in [0.25, 0.3) is 0 Å². The number of halogens is 2. The van der Waals surface area contributed by atoms with Gasteiger partial charge in [-0.2, -0.15) is 0 Å². The Labute approximate surface area is 193 Å². The minimum atomic E-state index is -0.414. The fourth-order valence-corrected chi connectivity index (χ4v) is 5.25. The van der Waals surface area contributed by atoms with Crippen LogP contribution in [0.1, 0.15) is 30.7 Å². The maximum atomic E-state index is 10.1. The molecule has 0 spiro atoms. The molecule has 0 aromatic heterocycles. The number of piperazine rings is 1. The Hall–Kier alpha value is -1.66. The van der Waals surface area contributed by atoms with Crippen LogP contribution in [0.4, 0.5) is 11.4 Å². The van der Waals surface area contributed by atoms with Crippen molar-refractivity contribution in [3.63, 3.8) is 0 Å². The molecule has 0 bridgehead atoms. The Morgan fingerprint density at radius 2 is 1.90 bits per heavy atom. The van der Waals surface area contributed by atoms with Crippen LogP contribution in [0.3, 0.4) is 0 Å². The summed E-state index contributed by atoms with van der Waals surface area (Å²) >= 11 is 12.5. The van der Waals surface area contributed by atoms with Crippen LogP contribution in [0.5, 0.6) is 5.75 Å². The van der Waals surface area contributed by atoms with E-state index in [0.29, 0.717) is 28.5 Å². The Bertz CT molecular complexity index is 933. The zero-order valence-corrected chi connectivity index (χ0v) is 19.1. The molecule has 1 aliphatic carbocycles. The monoisotopic (exact) mass is 461 g/mol. The number of anilines is 2. The van der Waals surface area contributed by atoms with Crippen molar-refractivity contribution >= 4 is 34.6 Å². The molecular formula is C24H29Cl2N3O2. The molecule has 2 aromatic carbocycles. The molecule has 3 atom stereocenters. The highest BCUT2D eigenvalue weighted by Gasteiger charge is 2.47. The zero-order chi connectivity index (χ0) is 21.4. The summed E-state index contributed by atoms with van der Waals surface area (Å²) in [5.74, 6) is 1.80. The molecule has 3 aliphatic rings. The second kappa shape index (κ2) is 9.07. The summed E-state index contributed by atoms with van der Waals surface area (Å²) < 4.78 is 5.97. The number of aliphatic hydroxyl groups excluding tert-OH is 1. The first-order valence-electron chi connectivity index (χ1n) is 11.2. The van der Waals surface area contributed by atoms with Gasteiger partial charge in [-0.05, 0) is 55.5 Å². The molecule has 2 heterocycles. The van der Waals surface area contributed by atoms with E-state index < -0.39 is 6.23 Å². The number of benzene rings is 2. The van der Waals surface area contributed by atoms with E-state index in [2.05, 4.69) is 27.2 Å². The van der Waals surface area contributed by atoms with E-state index in [-0.39, 0.29) is 0 Å². The lowest BCUT2D eigenvalue weighted by Crippen LogP contribution is -2.46. The molecule has 2 N–H and O–H groups in total. The number of aliphatic hydroxyl groups is 1. The van der Waals surface area contributed by atoms with Gasteiger partial charge in [-0.25, -0.2) is 0 Å². The molecule has 2 fully saturated rings. The van der Waals surface area contributed by atoms with Gasteiger partial charge in [0.1, 0.15) is 12.0 Å². The third kappa shape index (κ3) is 4.61. The fraction of sp³-hybridized carbons (Fsp3) is 0.500. The largest absolute Gasteiger partial charge is 0.494 e. The Morgan fingerprint density at radius 3 is 2.74 bits per heavy atom. The normalized spacial score (nSPS) is 24.9. The topological polar surface area (TPSA) is 48.0 Å². The standard InChI is InChI=1S/C24H29Cl2N3O2/c25-20-4-3-5-22(23(20)26)29-11-9-28(10-12-29)8-1-2-13-31-16-6-7-17-18-15-19(18)24(30)27-21(17)14-16/h3-7,14,18-19,24,27,30H,1-2,8-13,15H2/t18-,19-,24?/m1/s1. The minimum absolute atomic E-state index is 0.392. The molecule has 0 amide bonds. The first-order valence-corrected chi connectivity index (χ1v) is 12.0. The smallest absolute Gasteiger partial charge is 0.127 e. The first kappa shape index (κ1) is 21.2. The molecule has 5 rings (SSSR count). The second-order valence-corrected chi connectivity index (χ2v) is 9.59. The molecule has 5 nitrogen and oxygen atoms in total. The summed E-state index contributed by atoms with van der Waals surface area (Å²) in [6.07, 6.45) is 2.81. The summed E-state index contributed by atoms with van der Waals surface area (Å²) in [6, 6.07) is 12.1. The van der Waals surface area contributed by atoms with Gasteiger partial charge in [-0.1, -0.05) is 35.3 Å². The van der Waals surface area contributed by atoms with Gasteiger partial charge in [-0.3, -0.25) is 4.90 Å². The Balaban J connectivity index is 1.02. The van der Waals surface area contributed by atoms with Crippen molar-refractivity contribution in [2.45, 2.75) is 31.4 Å². The van der Waals surface area contributed by atoms with Crippen molar-refractivity contribution in [2.75, 3.05) is 49.5 Å². The van der Waals surface area contributed by atoms with E-state index in [1.807, 2.05) is 24.3 Å². The van der Waals surface area contributed by atoms with Gasteiger partial charge in [0.15, 0.2) is 0 Å². The lowest BCUT2D eigenvalue weighted by atomic mass is 10.0. The highest BCUT2D eigenvalue weighted by Crippen LogP contribution is 2.55. The fourth-order valence-electron chi connectivity index (χ4n) is 4.84. The van der Waals surface area contributed by atoms with Gasteiger partial charge in [0.25, 0.3) is 0 Å². The molecule has 2 aromatic rings. The summed E-state index contributed by atoms with van der Waals surface area (Å²) in [5.41, 5.74) is 3.38. The van der Waals surface area contributed by atoms with E-state index in [9.17, 15) is 5.11 Å². The van der Waals surface area contributed by atoms with Crippen LogP contribution >= 0.6 is 23.2 Å². The number of ether oxygens (including phenoxy) is 1. The number of unbranched alkanes of at least 4 members (excludes halogenated alkanes) is 1. The Kier molecular flexibility index (Phi) is 6.20. The number of hydrogen-bond acceptors (Lipinski definition) is 5. The summed E-state index contributed by atoms with van der Waals surface area (Å²) in [4.78, 5) is 4.82. The van der Waals surface area contributed by atoms with E-state index in [4.69, 9.17) is 27.9 Å². The van der Waals surface area contributed by atoms with Crippen LogP contribution < -0.4 is 15.0 Å². The Morgan fingerprint density at radius 1 is 1.06 bits per heavy atom. The van der Waals surface area contributed by atoms with Crippen molar-refractivity contribution in [2.24, 2.45) is 5.92 Å². The predicted octanol–water partition coefficient (Wildman–Crippen LogP) is 4.82. The molecule has 31 heavy (non-hydrogen) atoms. The van der Waals surface area contributed by atoms with Crippen molar-refractivity contribution in [3.05, 3.63) is 52.0 Å². The number of fused-ring (bicyclic) bond motifs is 3. The van der Waals surface area contributed by atoms with Gasteiger partial charge in [0.05, 0.1) is 22.3 Å². The van der Waals surface area contributed by atoms with Gasteiger partial charge >= 0.3 is 0 Å². The quantitative estimate of drug-likeness (QED) is 0.578. The van der Waals surface area contributed by atoms with Crippen LogP contribution in [0.2, 0.25) is 10.0 Å². The highest BCUT2D eigenvalue weighted by molar-refractivity contribution is 6.43. The van der Waals surface area contributed by atoms with Crippen LogP contribution in [0.15, 0.2) is 36.4 Å². The summed E-state index contributed by atoms with van der Waals surface area (Å²) in [7, 11) is 0. The van der Waals surface area contributed by atoms with Crippen molar-refractivity contribution < 1.29 is 9.84 Å². The SMILES string of the molecule is OC1Nc2cc(OCCCCN3CCN(c4cccc(Cl)c4Cl)CC3)ccc2[C@H]2C[C@@H]12. The molecule has 1 saturated carbocycles. The predicted molar refractivity (Wildman–Crippen MR) is 127 cm³/mol. The first-order chi connectivity index (χ1) is 15.1. The van der Waals surface area contributed by atoms with E-state index in [0.717, 1.165) is 69.1 Å². The lowest BCUT2D eigenvalue weighted by molar-refractivity contribution is 0.174. The third-order valence-electron chi connectivity index (χ3n) is 6.75. The molecule has 7 heteroatoms. The highest BCUT2D eigenvalue weighted by atomic mass is 35.5. The van der Waals surface area contributed by atoms with Crippen molar-refractivity contribution in [1.82, 2.24) is 4.90 Å². The van der Waals surface area contributed by atoms with Gasteiger partial charge in [0.2, 0.25) is 0 Å². The van der Waals surface area contributed by atoms with Crippen molar-refractivity contribution in [3.8, 4) is 5.75 Å². The maximum absolute atomic E-state index is 10.1. The molecule has 0 radical (unpaired) electrons. The number of hydrogen-bond donors (Lipinski definition) is 2. The average molecular weight is 462 g/mol. The number of nitrogens with zero attached hydrogens (tertiary/aromatic N) is 2. The molecule has 1 unspecified atom stereocenters. The van der Waals surface area contributed by atoms with Gasteiger partial charge in [0, 0.05) is 43.9 Å². The molecule has 2 aliphatic heterocycles. The van der Waals surface area contributed by atoms with Crippen LogP contribution in [-0.2, 0) is 0 Å². The van der Waals surface area contributed by atoms with E-state index in [1.165, 1.54) is 5.56 Å². The summed E-state index contributed by atoms with van der Waals surface area (Å²) in [6.45, 7) is 5.79. The minimum Gasteiger partial charge on any atom is -0.494 e. The van der Waals surface area contributed by atoms with Crippen molar-refractivity contribution in [1.29, 1.82) is 0 Å². The zero-order valence-electron chi connectivity index (χ0n) is 17.6.